The van der Waals surface area contributed by atoms with E-state index >= 15 is 0 Å². The lowest BCUT2D eigenvalue weighted by molar-refractivity contribution is 0.0736. The average molecular weight is 358 g/mol. The molecular weight excluding hydrogens is 340 g/mol. The minimum atomic E-state index is -0.105. The molecule has 0 spiro atoms. The lowest BCUT2D eigenvalue weighted by Crippen LogP contribution is -2.30. The lowest BCUT2D eigenvalue weighted by atomic mass is 10.1. The van der Waals surface area contributed by atoms with Crippen LogP contribution in [0, 0.1) is 20.8 Å². The van der Waals surface area contributed by atoms with Crippen molar-refractivity contribution in [3.05, 3.63) is 43.9 Å². The number of aromatic nitrogens is 5. The van der Waals surface area contributed by atoms with E-state index in [1.165, 1.54) is 4.52 Å². The maximum atomic E-state index is 12.9. The van der Waals surface area contributed by atoms with Crippen molar-refractivity contribution in [1.82, 2.24) is 29.1 Å². The Labute approximate surface area is 147 Å². The number of hydrogen-bond acceptors (Lipinski definition) is 6. The predicted octanol–water partition coefficient (Wildman–Crippen LogP) is 1.78. The summed E-state index contributed by atoms with van der Waals surface area (Å²) in [7, 11) is 0. The number of likely N-dealkylation sites (tertiary alicyclic amines) is 1. The third kappa shape index (κ3) is 2.46. The van der Waals surface area contributed by atoms with Crippen LogP contribution in [0.4, 0.5) is 0 Å². The van der Waals surface area contributed by atoms with Gasteiger partial charge in [-0.1, -0.05) is 4.49 Å². The molecule has 0 aliphatic carbocycles. The lowest BCUT2D eigenvalue weighted by Gasteiger charge is -2.23. The smallest absolute Gasteiger partial charge is 0.275 e. The first-order valence-electron chi connectivity index (χ1n) is 8.16. The Kier molecular flexibility index (Phi) is 3.68. The van der Waals surface area contributed by atoms with Crippen molar-refractivity contribution in [2.24, 2.45) is 0 Å². The van der Waals surface area contributed by atoms with Crippen molar-refractivity contribution in [1.29, 1.82) is 0 Å². The van der Waals surface area contributed by atoms with E-state index in [0.717, 1.165) is 35.8 Å². The molecule has 3 aromatic heterocycles. The first-order valence-corrected chi connectivity index (χ1v) is 8.93. The third-order valence-electron chi connectivity index (χ3n) is 4.82. The Morgan fingerprint density at radius 1 is 1.32 bits per heavy atom. The zero-order valence-corrected chi connectivity index (χ0v) is 15.1. The molecular formula is C16H18N6O2S. The number of aromatic amines is 1. The normalized spacial score (nSPS) is 17.6. The van der Waals surface area contributed by atoms with Crippen LogP contribution in [0.1, 0.15) is 51.2 Å². The Hall–Kier alpha value is -2.55. The van der Waals surface area contributed by atoms with Gasteiger partial charge in [0.25, 0.3) is 11.5 Å². The summed E-state index contributed by atoms with van der Waals surface area (Å²) in [6.07, 6.45) is 1.76. The summed E-state index contributed by atoms with van der Waals surface area (Å²) in [5.74, 6) is -0.0543. The number of nitrogens with zero attached hydrogens (tertiary/aromatic N) is 5. The number of nitrogens with one attached hydrogen (secondary N) is 1. The Bertz CT molecular complexity index is 1030. The van der Waals surface area contributed by atoms with Gasteiger partial charge in [-0.2, -0.15) is 0 Å². The first-order chi connectivity index (χ1) is 12.0. The molecule has 0 aromatic carbocycles. The number of carbonyl (C=O) groups excluding carboxylic acids is 1. The molecule has 4 rings (SSSR count). The Morgan fingerprint density at radius 2 is 2.12 bits per heavy atom. The van der Waals surface area contributed by atoms with Gasteiger partial charge >= 0.3 is 0 Å². The van der Waals surface area contributed by atoms with E-state index in [9.17, 15) is 9.59 Å². The summed E-state index contributed by atoms with van der Waals surface area (Å²) in [5.41, 5.74) is 3.31. The molecule has 25 heavy (non-hydrogen) atoms. The van der Waals surface area contributed by atoms with Crippen LogP contribution in [-0.4, -0.2) is 41.5 Å². The molecule has 0 bridgehead atoms. The van der Waals surface area contributed by atoms with Crippen LogP contribution in [-0.2, 0) is 0 Å². The quantitative estimate of drug-likeness (QED) is 0.753. The third-order valence-corrected chi connectivity index (χ3v) is 5.64. The van der Waals surface area contributed by atoms with E-state index in [1.807, 2.05) is 17.9 Å². The van der Waals surface area contributed by atoms with Crippen molar-refractivity contribution in [2.75, 3.05) is 6.54 Å². The van der Waals surface area contributed by atoms with E-state index in [4.69, 9.17) is 0 Å². The van der Waals surface area contributed by atoms with Crippen molar-refractivity contribution in [3.63, 3.8) is 0 Å². The van der Waals surface area contributed by atoms with Crippen LogP contribution >= 0.6 is 11.5 Å². The number of fused-ring (bicyclic) bond motifs is 1. The van der Waals surface area contributed by atoms with Gasteiger partial charge in [0, 0.05) is 23.9 Å². The largest absolute Gasteiger partial charge is 0.329 e. The van der Waals surface area contributed by atoms with Crippen molar-refractivity contribution in [3.8, 4) is 0 Å². The van der Waals surface area contributed by atoms with Crippen molar-refractivity contribution in [2.45, 2.75) is 39.7 Å². The van der Waals surface area contributed by atoms with Crippen molar-refractivity contribution < 1.29 is 4.79 Å². The number of amides is 1. The second-order valence-corrected chi connectivity index (χ2v) is 7.13. The monoisotopic (exact) mass is 358 g/mol. The predicted molar refractivity (Wildman–Crippen MR) is 92.9 cm³/mol. The molecule has 8 nitrogen and oxygen atoms in total. The first kappa shape index (κ1) is 15.9. The van der Waals surface area contributed by atoms with Gasteiger partial charge in [0.05, 0.1) is 17.4 Å². The SMILES string of the molecule is Cc1nnsc1C(=O)N1CCCC1c1cc2nc(C)c(C)c(=O)n2[nH]1. The van der Waals surface area contributed by atoms with Gasteiger partial charge in [0.15, 0.2) is 5.65 Å². The fourth-order valence-corrected chi connectivity index (χ4v) is 3.91. The Morgan fingerprint density at radius 3 is 2.84 bits per heavy atom. The van der Waals surface area contributed by atoms with Gasteiger partial charge in [-0.05, 0) is 45.1 Å². The van der Waals surface area contributed by atoms with E-state index in [2.05, 4.69) is 19.7 Å². The Balaban J connectivity index is 1.75. The molecule has 9 heteroatoms. The highest BCUT2D eigenvalue weighted by atomic mass is 32.1. The van der Waals surface area contributed by atoms with Gasteiger partial charge in [-0.25, -0.2) is 9.50 Å². The van der Waals surface area contributed by atoms with Crippen LogP contribution in [0.3, 0.4) is 0 Å². The van der Waals surface area contributed by atoms with Gasteiger partial charge in [-0.15, -0.1) is 5.10 Å². The van der Waals surface area contributed by atoms with Crippen LogP contribution in [0.15, 0.2) is 10.9 Å². The summed E-state index contributed by atoms with van der Waals surface area (Å²) < 4.78 is 5.32. The zero-order chi connectivity index (χ0) is 17.7. The van der Waals surface area contributed by atoms with E-state index in [0.29, 0.717) is 28.3 Å². The van der Waals surface area contributed by atoms with Crippen LogP contribution in [0.5, 0.6) is 0 Å². The topological polar surface area (TPSA) is 96.2 Å². The van der Waals surface area contributed by atoms with Gasteiger partial charge in [-0.3, -0.25) is 14.7 Å². The maximum Gasteiger partial charge on any atom is 0.275 e. The number of hydrogen-bond donors (Lipinski definition) is 1. The number of H-pyrrole nitrogens is 1. The molecule has 1 fully saturated rings. The number of rotatable bonds is 2. The zero-order valence-electron chi connectivity index (χ0n) is 14.2. The standard InChI is InChI=1S/C16H18N6O2S/c1-8-9(2)17-13-7-11(19-22(13)15(8)23)12-5-4-6-21(12)16(24)14-10(3)18-20-25-14/h7,12,19H,4-6H2,1-3H3. The second kappa shape index (κ2) is 5.76. The molecule has 1 atom stereocenters. The molecule has 1 amide bonds. The molecule has 0 saturated carbocycles. The summed E-state index contributed by atoms with van der Waals surface area (Å²) in [6.45, 7) is 6.06. The summed E-state index contributed by atoms with van der Waals surface area (Å²) >= 11 is 1.12. The minimum absolute atomic E-state index is 0.0543. The summed E-state index contributed by atoms with van der Waals surface area (Å²) in [6, 6.07) is 1.76. The summed E-state index contributed by atoms with van der Waals surface area (Å²) in [5, 5.41) is 7.07. The van der Waals surface area contributed by atoms with Crippen LogP contribution < -0.4 is 5.56 Å². The minimum Gasteiger partial charge on any atom is -0.329 e. The second-order valence-electron chi connectivity index (χ2n) is 6.38. The fraction of sp³-hybridized carbons (Fsp3) is 0.438. The van der Waals surface area contributed by atoms with E-state index in [1.54, 1.807) is 13.8 Å². The van der Waals surface area contributed by atoms with Crippen molar-refractivity contribution >= 4 is 23.1 Å². The molecule has 1 saturated heterocycles. The van der Waals surface area contributed by atoms with Gasteiger partial charge in [0.2, 0.25) is 0 Å². The number of aryl methyl sites for hydroxylation is 2. The molecule has 1 unspecified atom stereocenters. The summed E-state index contributed by atoms with van der Waals surface area (Å²) in [4.78, 5) is 32.2. The highest BCUT2D eigenvalue weighted by molar-refractivity contribution is 7.07. The van der Waals surface area contributed by atoms with Crippen LogP contribution in [0.2, 0.25) is 0 Å². The van der Waals surface area contributed by atoms with Gasteiger partial charge in [0.1, 0.15) is 4.88 Å². The average Bonchev–Trinajstić information content (AvgIpc) is 3.30. The van der Waals surface area contributed by atoms with E-state index in [-0.39, 0.29) is 17.5 Å². The molecule has 130 valence electrons. The molecule has 0 radical (unpaired) electrons. The maximum absolute atomic E-state index is 12.9. The molecule has 1 N–H and O–H groups in total. The highest BCUT2D eigenvalue weighted by Crippen LogP contribution is 2.33. The van der Waals surface area contributed by atoms with Gasteiger partial charge < -0.3 is 4.90 Å². The molecule has 4 heterocycles. The van der Waals surface area contributed by atoms with Crippen LogP contribution in [0.25, 0.3) is 5.65 Å². The molecule has 3 aromatic rings. The molecule has 1 aliphatic rings. The fourth-order valence-electron chi connectivity index (χ4n) is 3.30. The number of carbonyl (C=O) groups is 1. The highest BCUT2D eigenvalue weighted by Gasteiger charge is 2.33. The molecule has 1 aliphatic heterocycles. The van der Waals surface area contributed by atoms with E-state index < -0.39 is 0 Å².